The third-order valence-electron chi connectivity index (χ3n) is 8.36. The lowest BCUT2D eigenvalue weighted by Gasteiger charge is -2.20. The second kappa shape index (κ2) is 9.39. The van der Waals surface area contributed by atoms with Crippen molar-refractivity contribution >= 4 is 54.7 Å². The van der Waals surface area contributed by atoms with Gasteiger partial charge < -0.3 is 9.47 Å². The average Bonchev–Trinajstić information content (AvgIpc) is 3.37. The second-order valence-electron chi connectivity index (χ2n) is 10.7. The van der Waals surface area contributed by atoms with Crippen LogP contribution in [0.3, 0.4) is 0 Å². The summed E-state index contributed by atoms with van der Waals surface area (Å²) in [6.07, 6.45) is 0. The van der Waals surface area contributed by atoms with Gasteiger partial charge in [-0.05, 0) is 75.6 Å². The van der Waals surface area contributed by atoms with Crippen molar-refractivity contribution in [2.24, 2.45) is 0 Å². The first-order valence-electron chi connectivity index (χ1n) is 14.1. The predicted molar refractivity (Wildman–Crippen MR) is 176 cm³/mol. The quantitative estimate of drug-likeness (QED) is 0.222. The van der Waals surface area contributed by atoms with Crippen LogP contribution in [0.1, 0.15) is 0 Å². The predicted octanol–water partition coefficient (Wildman–Crippen LogP) is 10.5. The molecule has 8 rings (SSSR count). The lowest BCUT2D eigenvalue weighted by molar-refractivity contribution is 1.19. The molecule has 0 saturated heterocycles. The van der Waals surface area contributed by atoms with Crippen LogP contribution in [0.15, 0.2) is 152 Å². The maximum Gasteiger partial charge on any atom is 0.0619 e. The number of nitrogens with zero attached hydrogens (tertiary/aromatic N) is 2. The summed E-state index contributed by atoms with van der Waals surface area (Å²) in [5.41, 5.74) is 8.39. The first kappa shape index (κ1) is 23.5. The van der Waals surface area contributed by atoms with Gasteiger partial charge >= 0.3 is 0 Å². The van der Waals surface area contributed by atoms with Gasteiger partial charge in [0.25, 0.3) is 0 Å². The Hall–Kier alpha value is -5.34. The van der Waals surface area contributed by atoms with Gasteiger partial charge in [-0.3, -0.25) is 0 Å². The summed E-state index contributed by atoms with van der Waals surface area (Å²) in [6.45, 7) is 0. The Labute approximate surface area is 239 Å². The van der Waals surface area contributed by atoms with Crippen molar-refractivity contribution in [1.29, 1.82) is 0 Å². The van der Waals surface area contributed by atoms with E-state index in [1.165, 1.54) is 65.9 Å². The van der Waals surface area contributed by atoms with Crippen molar-refractivity contribution in [2.75, 3.05) is 11.9 Å². The summed E-state index contributed by atoms with van der Waals surface area (Å²) < 4.78 is 2.46. The molecule has 2 nitrogen and oxygen atoms in total. The van der Waals surface area contributed by atoms with E-state index in [0.717, 1.165) is 5.69 Å². The fourth-order valence-corrected chi connectivity index (χ4v) is 6.23. The molecule has 41 heavy (non-hydrogen) atoms. The van der Waals surface area contributed by atoms with Crippen molar-refractivity contribution in [2.45, 2.75) is 0 Å². The van der Waals surface area contributed by atoms with Crippen molar-refractivity contribution < 1.29 is 0 Å². The zero-order valence-corrected chi connectivity index (χ0v) is 22.8. The molecule has 1 heterocycles. The van der Waals surface area contributed by atoms with E-state index in [4.69, 9.17) is 0 Å². The SMILES string of the molecule is CN(c1ccccc1)c1ccc(-c2cccc3c4cc5ccccc5cc4n(-c4ccc5ccccc5c4)c23)cc1. The van der Waals surface area contributed by atoms with Gasteiger partial charge in [0.15, 0.2) is 0 Å². The Morgan fingerprint density at radius 3 is 1.85 bits per heavy atom. The monoisotopic (exact) mass is 524 g/mol. The number of anilines is 2. The molecule has 0 N–H and O–H groups in total. The summed E-state index contributed by atoms with van der Waals surface area (Å²) in [4.78, 5) is 2.22. The number of hydrogen-bond acceptors (Lipinski definition) is 1. The Balaban J connectivity index is 1.38. The minimum atomic E-state index is 1.16. The van der Waals surface area contributed by atoms with Crippen LogP contribution in [0.25, 0.3) is 60.2 Å². The summed E-state index contributed by atoms with van der Waals surface area (Å²) in [5.74, 6) is 0. The van der Waals surface area contributed by atoms with Crippen molar-refractivity contribution in [1.82, 2.24) is 4.57 Å². The molecular weight excluding hydrogens is 496 g/mol. The molecule has 0 radical (unpaired) electrons. The van der Waals surface area contributed by atoms with Crippen molar-refractivity contribution in [3.05, 3.63) is 152 Å². The maximum atomic E-state index is 2.46. The normalized spacial score (nSPS) is 11.5. The van der Waals surface area contributed by atoms with E-state index >= 15 is 0 Å². The lowest BCUT2D eigenvalue weighted by Crippen LogP contribution is -2.08. The van der Waals surface area contributed by atoms with E-state index in [-0.39, 0.29) is 0 Å². The molecule has 0 aliphatic heterocycles. The average molecular weight is 525 g/mol. The van der Waals surface area contributed by atoms with Crippen LogP contribution in [0.5, 0.6) is 0 Å². The van der Waals surface area contributed by atoms with Gasteiger partial charge in [-0.15, -0.1) is 0 Å². The van der Waals surface area contributed by atoms with Crippen LogP contribution in [0, 0.1) is 0 Å². The molecule has 1 aromatic heterocycles. The number of para-hydroxylation sites is 2. The largest absolute Gasteiger partial charge is 0.345 e. The minimum absolute atomic E-state index is 1.16. The summed E-state index contributed by atoms with van der Waals surface area (Å²) in [5, 5.41) is 7.54. The summed E-state index contributed by atoms with van der Waals surface area (Å²) >= 11 is 0. The molecule has 0 atom stereocenters. The second-order valence-corrected chi connectivity index (χ2v) is 10.7. The van der Waals surface area contributed by atoms with E-state index in [0.29, 0.717) is 0 Å². The summed E-state index contributed by atoms with van der Waals surface area (Å²) in [7, 11) is 2.12. The fourth-order valence-electron chi connectivity index (χ4n) is 6.23. The zero-order valence-electron chi connectivity index (χ0n) is 22.8. The molecule has 7 aromatic carbocycles. The standard InChI is InChI=1S/C39H28N2/c1-40(32-14-3-2-4-15-32)33-21-19-28(20-22-33)35-16-9-17-36-37-25-30-12-7-8-13-31(30)26-38(37)41(39(35)36)34-23-18-27-10-5-6-11-29(27)24-34/h2-26H,1H3. The molecule has 194 valence electrons. The van der Waals surface area contributed by atoms with Gasteiger partial charge in [-0.25, -0.2) is 0 Å². The van der Waals surface area contributed by atoms with Gasteiger partial charge in [0.2, 0.25) is 0 Å². The Morgan fingerprint density at radius 1 is 0.463 bits per heavy atom. The van der Waals surface area contributed by atoms with Crippen LogP contribution >= 0.6 is 0 Å². The molecule has 0 spiro atoms. The molecule has 0 fully saturated rings. The number of hydrogen-bond donors (Lipinski definition) is 0. The number of aromatic nitrogens is 1. The molecule has 0 aliphatic carbocycles. The first-order chi connectivity index (χ1) is 20.2. The van der Waals surface area contributed by atoms with Gasteiger partial charge in [0.1, 0.15) is 0 Å². The smallest absolute Gasteiger partial charge is 0.0619 e. The van der Waals surface area contributed by atoms with E-state index in [9.17, 15) is 0 Å². The Morgan fingerprint density at radius 2 is 1.10 bits per heavy atom. The van der Waals surface area contributed by atoms with Crippen LogP contribution in [-0.4, -0.2) is 11.6 Å². The highest BCUT2D eigenvalue weighted by atomic mass is 15.1. The van der Waals surface area contributed by atoms with Crippen LogP contribution in [-0.2, 0) is 0 Å². The molecule has 2 heteroatoms. The summed E-state index contributed by atoms with van der Waals surface area (Å²) in [6, 6.07) is 54.9. The third-order valence-corrected chi connectivity index (χ3v) is 8.36. The topological polar surface area (TPSA) is 8.17 Å². The van der Waals surface area contributed by atoms with E-state index in [2.05, 4.69) is 168 Å². The van der Waals surface area contributed by atoms with Gasteiger partial charge in [-0.1, -0.05) is 103 Å². The molecule has 0 unspecified atom stereocenters. The fraction of sp³-hybridized carbons (Fsp3) is 0.0256. The number of fused-ring (bicyclic) bond motifs is 5. The third kappa shape index (κ3) is 3.88. The molecule has 0 saturated carbocycles. The molecule has 0 amide bonds. The number of benzene rings is 7. The van der Waals surface area contributed by atoms with E-state index in [1.807, 2.05) is 0 Å². The van der Waals surface area contributed by atoms with Gasteiger partial charge in [0, 0.05) is 40.4 Å². The molecular formula is C39H28N2. The molecule has 0 aliphatic rings. The van der Waals surface area contributed by atoms with Gasteiger partial charge in [0.05, 0.1) is 11.0 Å². The Bertz CT molecular complexity index is 2210. The highest BCUT2D eigenvalue weighted by Crippen LogP contribution is 2.40. The first-order valence-corrected chi connectivity index (χ1v) is 14.1. The zero-order chi connectivity index (χ0) is 27.3. The highest BCUT2D eigenvalue weighted by Gasteiger charge is 2.18. The van der Waals surface area contributed by atoms with Crippen molar-refractivity contribution in [3.8, 4) is 16.8 Å². The number of rotatable bonds is 4. The van der Waals surface area contributed by atoms with Crippen LogP contribution in [0.4, 0.5) is 11.4 Å². The van der Waals surface area contributed by atoms with E-state index in [1.54, 1.807) is 0 Å². The van der Waals surface area contributed by atoms with Gasteiger partial charge in [-0.2, -0.15) is 0 Å². The minimum Gasteiger partial charge on any atom is -0.345 e. The van der Waals surface area contributed by atoms with Crippen LogP contribution in [0.2, 0.25) is 0 Å². The Kier molecular flexibility index (Phi) is 5.39. The molecule has 8 aromatic rings. The van der Waals surface area contributed by atoms with E-state index < -0.39 is 0 Å². The maximum absolute atomic E-state index is 2.46. The highest BCUT2D eigenvalue weighted by molar-refractivity contribution is 6.17. The molecule has 0 bridgehead atoms. The van der Waals surface area contributed by atoms with Crippen molar-refractivity contribution in [3.63, 3.8) is 0 Å². The lowest BCUT2D eigenvalue weighted by atomic mass is 10.0. The van der Waals surface area contributed by atoms with Crippen LogP contribution < -0.4 is 4.90 Å².